The summed E-state index contributed by atoms with van der Waals surface area (Å²) >= 11 is 0. The molecule has 192 valence electrons. The molecule has 0 saturated heterocycles. The predicted molar refractivity (Wildman–Crippen MR) is 136 cm³/mol. The normalized spacial score (nSPS) is 36.8. The molecule has 35 heavy (non-hydrogen) atoms. The number of carbonyl (C=O) groups is 1. The van der Waals surface area contributed by atoms with Crippen LogP contribution in [0.2, 0.25) is 5.31 Å². The van der Waals surface area contributed by atoms with Crippen molar-refractivity contribution in [2.75, 3.05) is 0 Å². The molecule has 2 aliphatic carbocycles. The summed E-state index contributed by atoms with van der Waals surface area (Å²) in [6.07, 6.45) is 3.27. The van der Waals surface area contributed by atoms with Crippen LogP contribution < -0.4 is 5.32 Å². The number of alkyl halides is 1. The van der Waals surface area contributed by atoms with E-state index >= 15 is 0 Å². The zero-order valence-electron chi connectivity index (χ0n) is 21.5. The van der Waals surface area contributed by atoms with Crippen LogP contribution in [0.1, 0.15) is 54.4 Å². The molecule has 2 aliphatic rings. The Morgan fingerprint density at radius 1 is 1.00 bits per heavy atom. The third-order valence-electron chi connectivity index (χ3n) is 7.25. The quantitative estimate of drug-likeness (QED) is 0.225. The lowest BCUT2D eigenvalue weighted by Gasteiger charge is -2.42. The summed E-state index contributed by atoms with van der Waals surface area (Å²) in [5.74, 6) is -0.653. The van der Waals surface area contributed by atoms with Gasteiger partial charge in [-0.1, -0.05) is 68.7 Å². The highest BCUT2D eigenvalue weighted by Gasteiger charge is 2.49. The molecule has 5 unspecified atom stereocenters. The number of halogens is 1. The molecular formula is C27H39BFNO5. The van der Waals surface area contributed by atoms with Crippen molar-refractivity contribution in [3.8, 4) is 0 Å². The number of carbonyl (C=O) groups excluding carboxylic acids is 1. The summed E-state index contributed by atoms with van der Waals surface area (Å²) in [5.41, 5.74) is 4.11. The molecule has 2 radical (unpaired) electrons. The number of hydrogen-bond donors (Lipinski definition) is 5. The monoisotopic (exact) mass is 487 g/mol. The van der Waals surface area contributed by atoms with E-state index in [1.807, 2.05) is 19.1 Å². The Balaban J connectivity index is 2.04. The van der Waals surface area contributed by atoms with Gasteiger partial charge in [-0.2, -0.15) is 0 Å². The Hall–Kier alpha value is -2.00. The first kappa shape index (κ1) is 29.2. The molecule has 0 aromatic carbocycles. The van der Waals surface area contributed by atoms with Gasteiger partial charge < -0.3 is 25.7 Å². The summed E-state index contributed by atoms with van der Waals surface area (Å²) in [5, 5.41) is 41.3. The van der Waals surface area contributed by atoms with Gasteiger partial charge >= 0.3 is 0 Å². The van der Waals surface area contributed by atoms with Gasteiger partial charge in [-0.3, -0.25) is 4.79 Å². The molecule has 0 spiro atoms. The molecule has 0 heterocycles. The number of hydrogen-bond acceptors (Lipinski definition) is 5. The summed E-state index contributed by atoms with van der Waals surface area (Å²) in [7, 11) is 6.46. The molecule has 0 aromatic rings. The highest BCUT2D eigenvalue weighted by molar-refractivity contribution is 6.17. The smallest absolute Gasteiger partial charge is 0.244 e. The largest absolute Gasteiger partial charge is 0.388 e. The molecule has 5 N–H and O–H groups in total. The van der Waals surface area contributed by atoms with Crippen molar-refractivity contribution in [3.05, 3.63) is 58.7 Å². The molecule has 0 bridgehead atoms. The number of rotatable bonds is 6. The van der Waals surface area contributed by atoms with Gasteiger partial charge in [0, 0.05) is 6.08 Å². The minimum absolute atomic E-state index is 0.0545. The van der Waals surface area contributed by atoms with Crippen molar-refractivity contribution in [3.63, 3.8) is 0 Å². The van der Waals surface area contributed by atoms with E-state index in [0.717, 1.165) is 18.4 Å². The first-order valence-electron chi connectivity index (χ1n) is 12.0. The summed E-state index contributed by atoms with van der Waals surface area (Å²) in [4.78, 5) is 12.3. The summed E-state index contributed by atoms with van der Waals surface area (Å²) < 4.78 is 13.7. The van der Waals surface area contributed by atoms with Crippen molar-refractivity contribution in [2.24, 2.45) is 5.41 Å². The van der Waals surface area contributed by atoms with E-state index in [2.05, 4.69) is 39.1 Å². The first-order chi connectivity index (χ1) is 16.1. The van der Waals surface area contributed by atoms with Crippen LogP contribution >= 0.6 is 0 Å². The van der Waals surface area contributed by atoms with Crippen molar-refractivity contribution in [1.29, 1.82) is 0 Å². The average molecular weight is 487 g/mol. The van der Waals surface area contributed by atoms with Crippen LogP contribution in [0.3, 0.4) is 0 Å². The maximum Gasteiger partial charge on any atom is 0.244 e. The molecule has 0 aliphatic heterocycles. The van der Waals surface area contributed by atoms with Gasteiger partial charge in [0.25, 0.3) is 0 Å². The van der Waals surface area contributed by atoms with Gasteiger partial charge in [-0.25, -0.2) is 4.39 Å². The summed E-state index contributed by atoms with van der Waals surface area (Å²) in [6.45, 7) is 12.3. The van der Waals surface area contributed by atoms with Gasteiger partial charge in [0.2, 0.25) is 5.91 Å². The first-order valence-corrected chi connectivity index (χ1v) is 12.0. The fourth-order valence-corrected chi connectivity index (χ4v) is 4.52. The number of aliphatic hydroxyl groups excluding tert-OH is 4. The molecule has 1 fully saturated rings. The van der Waals surface area contributed by atoms with Crippen molar-refractivity contribution < 1.29 is 29.6 Å². The minimum atomic E-state index is -2.21. The second kappa shape index (κ2) is 11.4. The molecule has 8 heteroatoms. The van der Waals surface area contributed by atoms with E-state index in [1.54, 1.807) is 19.1 Å². The molecular weight excluding hydrogens is 448 g/mol. The third kappa shape index (κ3) is 7.03. The predicted octanol–water partition coefficient (Wildman–Crippen LogP) is 2.76. The van der Waals surface area contributed by atoms with Gasteiger partial charge in [0.1, 0.15) is 24.4 Å². The van der Waals surface area contributed by atoms with E-state index < -0.39 is 42.5 Å². The van der Waals surface area contributed by atoms with E-state index in [-0.39, 0.29) is 10.7 Å². The standard InChI is InChI=1S/C27H39BFNO5/c1-15(10-11-18-17(3)27(6,28)13-12-26(18,4)5)8-7-9-16(2)14-19(31)30-21-24(34)22(32)20(29)23(33)25(21)35/h7-11,14,20-25,32-35H,12-13H2,1-6H3,(H,30,31)/b9-7+,11-10+,15-8+,16-14+. The number of allylic oxidation sites excluding steroid dienone is 9. The second-order valence-corrected chi connectivity index (χ2v) is 10.8. The lowest BCUT2D eigenvalue weighted by atomic mass is 9.54. The third-order valence-corrected chi connectivity index (χ3v) is 7.25. The lowest BCUT2D eigenvalue weighted by molar-refractivity contribution is -0.170. The van der Waals surface area contributed by atoms with Crippen LogP contribution in [0, 0.1) is 5.41 Å². The molecule has 0 aromatic heterocycles. The van der Waals surface area contributed by atoms with E-state index in [0.29, 0.717) is 5.57 Å². The highest BCUT2D eigenvalue weighted by atomic mass is 19.1. The Labute approximate surface area is 209 Å². The second-order valence-electron chi connectivity index (χ2n) is 10.8. The molecule has 1 saturated carbocycles. The number of nitrogens with one attached hydrogen (secondary N) is 1. The average Bonchev–Trinajstić information content (AvgIpc) is 2.77. The van der Waals surface area contributed by atoms with Crippen molar-refractivity contribution in [2.45, 2.75) is 96.3 Å². The van der Waals surface area contributed by atoms with Crippen LogP contribution in [0.5, 0.6) is 0 Å². The number of aliphatic hydroxyl groups is 4. The maximum atomic E-state index is 13.7. The van der Waals surface area contributed by atoms with Gasteiger partial charge in [-0.05, 0) is 49.1 Å². The fraction of sp³-hybridized carbons (Fsp3) is 0.593. The summed E-state index contributed by atoms with van der Waals surface area (Å²) in [6, 6.07) is -1.41. The van der Waals surface area contributed by atoms with Crippen molar-refractivity contribution >= 4 is 13.8 Å². The lowest BCUT2D eigenvalue weighted by Crippen LogP contribution is -2.67. The van der Waals surface area contributed by atoms with Crippen LogP contribution in [0.25, 0.3) is 0 Å². The van der Waals surface area contributed by atoms with Crippen LogP contribution in [0.4, 0.5) is 4.39 Å². The van der Waals surface area contributed by atoms with Crippen LogP contribution in [-0.4, -0.2) is 70.8 Å². The van der Waals surface area contributed by atoms with Gasteiger partial charge in [0.05, 0.1) is 13.9 Å². The van der Waals surface area contributed by atoms with Crippen molar-refractivity contribution in [1.82, 2.24) is 5.32 Å². The molecule has 6 nitrogen and oxygen atoms in total. The molecule has 1 amide bonds. The van der Waals surface area contributed by atoms with Crippen LogP contribution in [-0.2, 0) is 4.79 Å². The zero-order chi connectivity index (χ0) is 26.7. The maximum absolute atomic E-state index is 13.7. The van der Waals surface area contributed by atoms with Gasteiger partial charge in [-0.15, -0.1) is 0 Å². The van der Waals surface area contributed by atoms with E-state index in [9.17, 15) is 29.6 Å². The zero-order valence-corrected chi connectivity index (χ0v) is 21.5. The van der Waals surface area contributed by atoms with Crippen LogP contribution in [0.15, 0.2) is 58.7 Å². The molecule has 2 rings (SSSR count). The Kier molecular flexibility index (Phi) is 9.50. The number of amides is 1. The molecule has 5 atom stereocenters. The SMILES string of the molecule is [B]C1(C)CCC(C)(C)C(/C=C/C(C)=C/C=C/C(C)=C/C(=O)NC2C(O)C(O)C(F)C(O)C2O)=C1C. The van der Waals surface area contributed by atoms with E-state index in [4.69, 9.17) is 7.85 Å². The Morgan fingerprint density at radius 3 is 2.14 bits per heavy atom. The van der Waals surface area contributed by atoms with E-state index in [1.165, 1.54) is 17.2 Å². The minimum Gasteiger partial charge on any atom is -0.388 e. The Morgan fingerprint density at radius 2 is 1.57 bits per heavy atom. The highest BCUT2D eigenvalue weighted by Crippen LogP contribution is 2.51. The Bertz CT molecular complexity index is 933. The van der Waals surface area contributed by atoms with Gasteiger partial charge in [0.15, 0.2) is 6.17 Å². The topological polar surface area (TPSA) is 110 Å². The fourth-order valence-electron chi connectivity index (χ4n) is 4.52.